The van der Waals surface area contributed by atoms with Gasteiger partial charge in [-0.15, -0.1) is 0 Å². The van der Waals surface area contributed by atoms with E-state index in [1.807, 2.05) is 0 Å². The Balaban J connectivity index is 0.925. The highest BCUT2D eigenvalue weighted by atomic mass is 15.0. The third-order valence-corrected chi connectivity index (χ3v) is 12.2. The van der Waals surface area contributed by atoms with Gasteiger partial charge >= 0.3 is 0 Å². The molecule has 11 aromatic rings. The first-order chi connectivity index (χ1) is 29.2. The largest absolute Gasteiger partial charge is 0.309 e. The predicted octanol–water partition coefficient (Wildman–Crippen LogP) is 15.5. The molecule has 0 bridgehead atoms. The Morgan fingerprint density at radius 1 is 0.305 bits per heavy atom. The molecule has 0 radical (unpaired) electrons. The molecule has 1 atom stereocenters. The molecule has 11 rings (SSSR count). The second-order valence-corrected chi connectivity index (χ2v) is 15.7. The number of nitrogens with zero attached hydrogens (tertiary/aromatic N) is 1. The van der Waals surface area contributed by atoms with Gasteiger partial charge in [-0.3, -0.25) is 0 Å². The molecule has 59 heavy (non-hydrogen) atoms. The van der Waals surface area contributed by atoms with Gasteiger partial charge in [0, 0.05) is 22.4 Å². The number of rotatable bonds is 8. The molecule has 1 heterocycles. The zero-order valence-corrected chi connectivity index (χ0v) is 32.7. The van der Waals surface area contributed by atoms with Crippen molar-refractivity contribution in [3.63, 3.8) is 0 Å². The normalized spacial score (nSPS) is 12.1. The van der Waals surface area contributed by atoms with Crippen LogP contribution in [0.5, 0.6) is 0 Å². The first-order valence-corrected chi connectivity index (χ1v) is 20.6. The van der Waals surface area contributed by atoms with Crippen LogP contribution in [0.3, 0.4) is 0 Å². The monoisotopic (exact) mass is 751 g/mol. The Bertz CT molecular complexity index is 3280. The second-order valence-electron chi connectivity index (χ2n) is 15.7. The molecular weight excluding hydrogens is 711 g/mol. The summed E-state index contributed by atoms with van der Waals surface area (Å²) in [6, 6.07) is 84.8. The van der Waals surface area contributed by atoms with E-state index in [0.29, 0.717) is 0 Å². The van der Waals surface area contributed by atoms with Gasteiger partial charge in [-0.1, -0.05) is 194 Å². The molecule has 0 aliphatic rings. The molecule has 10 aromatic carbocycles. The summed E-state index contributed by atoms with van der Waals surface area (Å²) in [5, 5.41) is 7.63. The molecule has 0 fully saturated rings. The van der Waals surface area contributed by atoms with E-state index >= 15 is 0 Å². The fourth-order valence-electron chi connectivity index (χ4n) is 9.10. The zero-order valence-electron chi connectivity index (χ0n) is 32.7. The molecule has 0 amide bonds. The lowest BCUT2D eigenvalue weighted by atomic mass is 9.84. The van der Waals surface area contributed by atoms with Crippen LogP contribution in [0.15, 0.2) is 231 Å². The van der Waals surface area contributed by atoms with E-state index in [1.54, 1.807) is 0 Å². The third kappa shape index (κ3) is 6.57. The lowest BCUT2D eigenvalue weighted by Gasteiger charge is -2.20. The topological polar surface area (TPSA) is 4.93 Å². The predicted molar refractivity (Wildman–Crippen MR) is 251 cm³/mol. The highest BCUT2D eigenvalue weighted by Crippen LogP contribution is 2.37. The van der Waals surface area contributed by atoms with Gasteiger partial charge in [0.05, 0.1) is 11.0 Å². The smallest absolute Gasteiger partial charge is 0.0541 e. The van der Waals surface area contributed by atoms with E-state index in [9.17, 15) is 0 Å². The minimum Gasteiger partial charge on any atom is -0.309 e. The average Bonchev–Trinajstić information content (AvgIpc) is 3.65. The molecule has 278 valence electrons. The summed E-state index contributed by atoms with van der Waals surface area (Å²) in [6.45, 7) is 0. The Labute approximate surface area is 345 Å². The first kappa shape index (κ1) is 34.7. The maximum atomic E-state index is 2.40. The molecule has 0 aliphatic heterocycles. The zero-order chi connectivity index (χ0) is 39.1. The summed E-state index contributed by atoms with van der Waals surface area (Å²) in [5.74, 6) is 0.219. The Morgan fingerprint density at radius 3 is 1.61 bits per heavy atom. The van der Waals surface area contributed by atoms with Gasteiger partial charge in [0.1, 0.15) is 0 Å². The molecule has 0 saturated heterocycles. The SMILES string of the molecule is c1ccc(-c2ccc(-n3c4ccccc4c4cc(-c5cccc(-c6ccc(C(Cc7ccc8ccccc8c7)c7ccc8ccccc8c7)cc6)c5)ccc43)cc2)cc1. The Morgan fingerprint density at radius 2 is 0.831 bits per heavy atom. The molecule has 1 aromatic heterocycles. The van der Waals surface area contributed by atoms with Crippen molar-refractivity contribution >= 4 is 43.4 Å². The minimum atomic E-state index is 0.219. The number of benzene rings is 10. The molecule has 0 aliphatic carbocycles. The third-order valence-electron chi connectivity index (χ3n) is 12.2. The summed E-state index contributed by atoms with van der Waals surface area (Å²) < 4.78 is 2.40. The van der Waals surface area contributed by atoms with Crippen LogP contribution in [0.1, 0.15) is 22.6 Å². The second kappa shape index (κ2) is 14.8. The van der Waals surface area contributed by atoms with Crippen molar-refractivity contribution in [3.05, 3.63) is 247 Å². The summed E-state index contributed by atoms with van der Waals surface area (Å²) in [7, 11) is 0. The molecule has 0 N–H and O–H groups in total. The van der Waals surface area contributed by atoms with E-state index in [0.717, 1.165) is 12.1 Å². The minimum absolute atomic E-state index is 0.219. The van der Waals surface area contributed by atoms with Crippen molar-refractivity contribution in [2.75, 3.05) is 0 Å². The number of aromatic nitrogens is 1. The van der Waals surface area contributed by atoms with Gasteiger partial charge < -0.3 is 4.57 Å². The van der Waals surface area contributed by atoms with Crippen LogP contribution in [-0.2, 0) is 6.42 Å². The van der Waals surface area contributed by atoms with Crippen molar-refractivity contribution in [2.45, 2.75) is 12.3 Å². The van der Waals surface area contributed by atoms with Gasteiger partial charge in [-0.05, 0) is 114 Å². The van der Waals surface area contributed by atoms with Crippen molar-refractivity contribution in [1.82, 2.24) is 4.57 Å². The van der Waals surface area contributed by atoms with Crippen LogP contribution in [0, 0.1) is 0 Å². The molecule has 1 unspecified atom stereocenters. The van der Waals surface area contributed by atoms with Crippen LogP contribution in [0.4, 0.5) is 0 Å². The van der Waals surface area contributed by atoms with E-state index in [1.165, 1.54) is 93.4 Å². The first-order valence-electron chi connectivity index (χ1n) is 20.6. The van der Waals surface area contributed by atoms with E-state index in [2.05, 4.69) is 235 Å². The fraction of sp³-hybridized carbons (Fsp3) is 0.0345. The van der Waals surface area contributed by atoms with Gasteiger partial charge in [0.15, 0.2) is 0 Å². The highest BCUT2D eigenvalue weighted by Gasteiger charge is 2.18. The maximum absolute atomic E-state index is 2.40. The molecule has 1 nitrogen and oxygen atoms in total. The fourth-order valence-corrected chi connectivity index (χ4v) is 9.10. The quantitative estimate of drug-likeness (QED) is 0.146. The highest BCUT2D eigenvalue weighted by molar-refractivity contribution is 6.10. The van der Waals surface area contributed by atoms with Crippen molar-refractivity contribution in [1.29, 1.82) is 0 Å². The van der Waals surface area contributed by atoms with Gasteiger partial charge in [0.2, 0.25) is 0 Å². The van der Waals surface area contributed by atoms with Crippen molar-refractivity contribution < 1.29 is 0 Å². The average molecular weight is 752 g/mol. The van der Waals surface area contributed by atoms with Crippen molar-refractivity contribution in [2.24, 2.45) is 0 Å². The van der Waals surface area contributed by atoms with Crippen LogP contribution in [0.2, 0.25) is 0 Å². The number of hydrogen-bond donors (Lipinski definition) is 0. The molecule has 0 spiro atoms. The summed E-state index contributed by atoms with van der Waals surface area (Å²) in [4.78, 5) is 0. The molecule has 1 heteroatoms. The number of fused-ring (bicyclic) bond motifs is 5. The van der Waals surface area contributed by atoms with Gasteiger partial charge in [-0.2, -0.15) is 0 Å². The van der Waals surface area contributed by atoms with Gasteiger partial charge in [0.25, 0.3) is 0 Å². The van der Waals surface area contributed by atoms with E-state index < -0.39 is 0 Å². The van der Waals surface area contributed by atoms with Crippen LogP contribution in [-0.4, -0.2) is 4.57 Å². The Kier molecular flexibility index (Phi) is 8.71. The standard InChI is InChI=1S/C58H41N/c1-2-11-41(12-3-1)44-29-32-53(33-30-44)59-57-20-9-8-19-54(57)56-39-51(31-34-58(56)59)50-18-10-17-49(37-50)45-23-26-46(27-24-45)55(52-28-25-43-14-5-7-16-48(43)38-52)36-40-21-22-42-13-4-6-15-47(42)35-40/h1-35,37-39,55H,36H2. The van der Waals surface area contributed by atoms with Crippen LogP contribution in [0.25, 0.3) is 82.4 Å². The van der Waals surface area contributed by atoms with Crippen LogP contribution >= 0.6 is 0 Å². The summed E-state index contributed by atoms with van der Waals surface area (Å²) >= 11 is 0. The lowest BCUT2D eigenvalue weighted by Crippen LogP contribution is -2.05. The Hall–Kier alpha value is -7.48. The van der Waals surface area contributed by atoms with Gasteiger partial charge in [-0.25, -0.2) is 0 Å². The number of hydrogen-bond acceptors (Lipinski definition) is 0. The number of para-hydroxylation sites is 1. The van der Waals surface area contributed by atoms with Crippen LogP contribution < -0.4 is 0 Å². The van der Waals surface area contributed by atoms with E-state index in [-0.39, 0.29) is 5.92 Å². The lowest BCUT2D eigenvalue weighted by molar-refractivity contribution is 0.807. The maximum Gasteiger partial charge on any atom is 0.0541 e. The van der Waals surface area contributed by atoms with Crippen molar-refractivity contribution in [3.8, 4) is 39.1 Å². The molecular formula is C58H41N. The molecule has 0 saturated carbocycles. The van der Waals surface area contributed by atoms with E-state index in [4.69, 9.17) is 0 Å². The summed E-state index contributed by atoms with van der Waals surface area (Å²) in [5.41, 5.74) is 14.9. The summed E-state index contributed by atoms with van der Waals surface area (Å²) in [6.07, 6.45) is 0.926.